The van der Waals surface area contributed by atoms with Crippen molar-refractivity contribution >= 4 is 0 Å². The number of pyridine rings is 1. The summed E-state index contributed by atoms with van der Waals surface area (Å²) in [5.41, 5.74) is 3.84. The lowest BCUT2D eigenvalue weighted by molar-refractivity contribution is -0.145. The maximum absolute atomic E-state index is 11.9. The predicted molar refractivity (Wildman–Crippen MR) is 63.7 cm³/mol. The maximum atomic E-state index is 11.9. The molecule has 4 heteroatoms. The van der Waals surface area contributed by atoms with Crippen LogP contribution in [-0.4, -0.2) is 9.55 Å². The molecule has 0 amide bonds. The van der Waals surface area contributed by atoms with E-state index in [4.69, 9.17) is 0 Å². The Hall–Kier alpha value is -1.68. The molecule has 0 atom stereocenters. The zero-order chi connectivity index (χ0) is 12.4. The molecule has 0 saturated heterocycles. The van der Waals surface area contributed by atoms with Crippen LogP contribution in [0.3, 0.4) is 0 Å². The minimum absolute atomic E-state index is 0.117. The zero-order valence-electron chi connectivity index (χ0n) is 10.2. The highest BCUT2D eigenvalue weighted by Crippen LogP contribution is 2.16. The van der Waals surface area contributed by atoms with Crippen LogP contribution >= 0.6 is 0 Å². The van der Waals surface area contributed by atoms with E-state index in [1.165, 1.54) is 0 Å². The molecule has 0 saturated carbocycles. The third-order valence-corrected chi connectivity index (χ3v) is 2.71. The lowest BCUT2D eigenvalue weighted by atomic mass is 10.2. The van der Waals surface area contributed by atoms with Gasteiger partial charge in [0.2, 0.25) is 0 Å². The molecule has 0 aliphatic heterocycles. The van der Waals surface area contributed by atoms with Gasteiger partial charge in [-0.25, -0.2) is 4.98 Å². The molecule has 17 heavy (non-hydrogen) atoms. The van der Waals surface area contributed by atoms with Crippen molar-refractivity contribution in [1.82, 2.24) is 9.55 Å². The van der Waals surface area contributed by atoms with Gasteiger partial charge in [-0.1, -0.05) is 0 Å². The number of halogens is 1. The Balaban J connectivity index is 2.52. The topological polar surface area (TPSA) is 27.1 Å². The first-order valence-electron chi connectivity index (χ1n) is 5.48. The minimum atomic E-state index is -0.117. The summed E-state index contributed by atoms with van der Waals surface area (Å²) < 4.78 is 13.9. The van der Waals surface area contributed by atoms with Gasteiger partial charge in [0.15, 0.2) is 0 Å². The molecule has 0 aliphatic rings. The number of aryl methyl sites for hydroxylation is 3. The lowest BCUT2D eigenvalue weighted by Gasteiger charge is -2.10. The fraction of sp³-hybridized carbons (Fsp3) is 0.308. The van der Waals surface area contributed by atoms with Crippen LogP contribution in [0.4, 0.5) is 4.53 Å². The Morgan fingerprint density at radius 1 is 1.18 bits per heavy atom. The molecule has 2 aromatic rings. The highest BCUT2D eigenvalue weighted by Gasteiger charge is 2.07. The molecule has 0 aromatic carbocycles. The quantitative estimate of drug-likeness (QED) is 0.815. The van der Waals surface area contributed by atoms with Crippen molar-refractivity contribution < 1.29 is 9.47 Å². The molecule has 0 spiro atoms. The molecule has 0 aliphatic carbocycles. The van der Waals surface area contributed by atoms with Crippen LogP contribution in [0.1, 0.15) is 22.6 Å². The SMILES string of the molecule is Cc1cc(COF)nc(-n2c(C)ccc2C)c1. The molecule has 0 radical (unpaired) electrons. The summed E-state index contributed by atoms with van der Waals surface area (Å²) in [6.07, 6.45) is 0. The normalized spacial score (nSPS) is 10.8. The number of hydrogen-bond acceptors (Lipinski definition) is 2. The smallest absolute Gasteiger partial charge is 0.137 e. The minimum Gasteiger partial charge on any atom is -0.303 e. The second kappa shape index (κ2) is 4.67. The molecule has 2 rings (SSSR count). The van der Waals surface area contributed by atoms with Gasteiger partial charge in [0.25, 0.3) is 0 Å². The van der Waals surface area contributed by atoms with E-state index in [0.717, 1.165) is 22.8 Å². The number of nitrogens with zero attached hydrogens (tertiary/aromatic N) is 2. The Morgan fingerprint density at radius 2 is 1.82 bits per heavy atom. The summed E-state index contributed by atoms with van der Waals surface area (Å²) in [6.45, 7) is 5.87. The van der Waals surface area contributed by atoms with Crippen LogP contribution in [0.5, 0.6) is 0 Å². The molecular weight excluding hydrogens is 219 g/mol. The second-order valence-corrected chi connectivity index (χ2v) is 4.20. The molecular formula is C13H15FN2O. The van der Waals surface area contributed by atoms with E-state index in [1.54, 1.807) is 0 Å². The van der Waals surface area contributed by atoms with Crippen molar-refractivity contribution in [2.75, 3.05) is 0 Å². The fourth-order valence-electron chi connectivity index (χ4n) is 1.99. The molecule has 0 unspecified atom stereocenters. The van der Waals surface area contributed by atoms with Crippen molar-refractivity contribution in [2.45, 2.75) is 27.4 Å². The van der Waals surface area contributed by atoms with Gasteiger partial charge in [-0.05, 0) is 55.1 Å². The Bertz CT molecular complexity index is 515. The van der Waals surface area contributed by atoms with Crippen molar-refractivity contribution in [1.29, 1.82) is 0 Å². The summed E-state index contributed by atoms with van der Waals surface area (Å²) in [5.74, 6) is 0.803. The van der Waals surface area contributed by atoms with E-state index >= 15 is 0 Å². The van der Waals surface area contributed by atoms with Crippen molar-refractivity contribution in [3.05, 3.63) is 46.9 Å². The van der Waals surface area contributed by atoms with Crippen LogP contribution in [0.15, 0.2) is 24.3 Å². The van der Waals surface area contributed by atoms with Gasteiger partial charge in [0.1, 0.15) is 12.4 Å². The standard InChI is InChI=1S/C13H15FN2O/c1-9-6-12(8-17-14)15-13(7-9)16-10(2)4-5-11(16)3/h4-7H,8H2,1-3H3. The molecule has 2 heterocycles. The van der Waals surface area contributed by atoms with Gasteiger partial charge in [-0.15, -0.1) is 0 Å². The monoisotopic (exact) mass is 234 g/mol. The predicted octanol–water partition coefficient (Wildman–Crippen LogP) is 3.20. The average molecular weight is 234 g/mol. The first-order valence-corrected chi connectivity index (χ1v) is 5.48. The average Bonchev–Trinajstić information content (AvgIpc) is 2.58. The van der Waals surface area contributed by atoms with E-state index in [2.05, 4.69) is 9.93 Å². The van der Waals surface area contributed by atoms with Crippen LogP contribution in [-0.2, 0) is 11.5 Å². The van der Waals surface area contributed by atoms with Gasteiger partial charge < -0.3 is 4.57 Å². The largest absolute Gasteiger partial charge is 0.303 e. The molecule has 0 bridgehead atoms. The number of rotatable bonds is 3. The van der Waals surface area contributed by atoms with E-state index in [0.29, 0.717) is 5.69 Å². The second-order valence-electron chi connectivity index (χ2n) is 4.20. The van der Waals surface area contributed by atoms with E-state index in [-0.39, 0.29) is 6.61 Å². The Kier molecular flexibility index (Phi) is 3.24. The molecule has 0 N–H and O–H groups in total. The molecule has 3 nitrogen and oxygen atoms in total. The maximum Gasteiger partial charge on any atom is 0.137 e. The highest BCUT2D eigenvalue weighted by molar-refractivity contribution is 5.35. The summed E-state index contributed by atoms with van der Waals surface area (Å²) in [6, 6.07) is 7.86. The Labute approximate surface area is 99.8 Å². The van der Waals surface area contributed by atoms with Crippen molar-refractivity contribution in [3.8, 4) is 5.82 Å². The number of hydrogen-bond donors (Lipinski definition) is 0. The Morgan fingerprint density at radius 3 is 2.41 bits per heavy atom. The van der Waals surface area contributed by atoms with Crippen LogP contribution in [0.2, 0.25) is 0 Å². The third kappa shape index (κ3) is 2.36. The summed E-state index contributed by atoms with van der Waals surface area (Å²) in [7, 11) is 0. The first kappa shape index (κ1) is 11.8. The molecule has 90 valence electrons. The van der Waals surface area contributed by atoms with Gasteiger partial charge in [0, 0.05) is 11.4 Å². The van der Waals surface area contributed by atoms with Gasteiger partial charge >= 0.3 is 0 Å². The zero-order valence-corrected chi connectivity index (χ0v) is 10.2. The summed E-state index contributed by atoms with van der Waals surface area (Å²) >= 11 is 0. The van der Waals surface area contributed by atoms with Crippen molar-refractivity contribution in [3.63, 3.8) is 0 Å². The summed E-state index contributed by atoms with van der Waals surface area (Å²) in [4.78, 5) is 8.03. The van der Waals surface area contributed by atoms with E-state index in [9.17, 15) is 4.53 Å². The number of aromatic nitrogens is 2. The van der Waals surface area contributed by atoms with E-state index < -0.39 is 0 Å². The van der Waals surface area contributed by atoms with E-state index in [1.807, 2.05) is 49.6 Å². The van der Waals surface area contributed by atoms with Crippen LogP contribution in [0, 0.1) is 20.8 Å². The summed E-state index contributed by atoms with van der Waals surface area (Å²) in [5, 5.41) is 0. The highest BCUT2D eigenvalue weighted by atomic mass is 19.3. The lowest BCUT2D eigenvalue weighted by Crippen LogP contribution is -2.04. The van der Waals surface area contributed by atoms with Gasteiger partial charge in [0.05, 0.1) is 5.69 Å². The first-order chi connectivity index (χ1) is 8.11. The van der Waals surface area contributed by atoms with Crippen LogP contribution in [0.25, 0.3) is 5.82 Å². The third-order valence-electron chi connectivity index (χ3n) is 2.71. The van der Waals surface area contributed by atoms with Crippen LogP contribution < -0.4 is 0 Å². The van der Waals surface area contributed by atoms with Crippen molar-refractivity contribution in [2.24, 2.45) is 0 Å². The fourth-order valence-corrected chi connectivity index (χ4v) is 1.99. The van der Waals surface area contributed by atoms with Gasteiger partial charge in [-0.3, -0.25) is 0 Å². The van der Waals surface area contributed by atoms with Gasteiger partial charge in [-0.2, -0.15) is 4.94 Å². The molecule has 2 aromatic heterocycles. The molecule has 0 fully saturated rings.